The van der Waals surface area contributed by atoms with Crippen molar-refractivity contribution in [3.8, 4) is 0 Å². The molecule has 13 heteroatoms. The molecule has 31 heavy (non-hydrogen) atoms. The molecule has 0 saturated heterocycles. The average molecular weight is 479 g/mol. The minimum atomic E-state index is -1.29. The highest BCUT2D eigenvalue weighted by Crippen LogP contribution is 2.35. The van der Waals surface area contributed by atoms with Gasteiger partial charge >= 0.3 is 23.9 Å². The van der Waals surface area contributed by atoms with Gasteiger partial charge in [0.05, 0.1) is 0 Å². The van der Waals surface area contributed by atoms with Crippen LogP contribution in [0.3, 0.4) is 0 Å². The van der Waals surface area contributed by atoms with Gasteiger partial charge in [-0.2, -0.15) is 5.10 Å². The molecular formula is C18H26N2O9S2. The topological polar surface area (TPSA) is 138 Å². The SMILES string of the molecule is CSC1=NN(C(C)=O)C(C[C@@H](OC(C)=O)[C@H](OC(C)=O)[C@@H](COC(C)=O)OC(C)=O)S1. The summed E-state index contributed by atoms with van der Waals surface area (Å²) in [5.41, 5.74) is 0. The summed E-state index contributed by atoms with van der Waals surface area (Å²) in [4.78, 5) is 58.4. The van der Waals surface area contributed by atoms with Crippen LogP contribution in [0.15, 0.2) is 5.10 Å². The summed E-state index contributed by atoms with van der Waals surface area (Å²) in [7, 11) is 0. The molecule has 1 heterocycles. The van der Waals surface area contributed by atoms with Gasteiger partial charge in [-0.25, -0.2) is 5.01 Å². The summed E-state index contributed by atoms with van der Waals surface area (Å²) >= 11 is 2.62. The fourth-order valence-electron chi connectivity index (χ4n) is 2.70. The van der Waals surface area contributed by atoms with Gasteiger partial charge in [0.2, 0.25) is 5.91 Å². The van der Waals surface area contributed by atoms with Crippen LogP contribution in [0.1, 0.15) is 41.0 Å². The number of amides is 1. The molecule has 1 amide bonds. The predicted molar refractivity (Wildman–Crippen MR) is 113 cm³/mol. The first-order chi connectivity index (χ1) is 14.4. The maximum Gasteiger partial charge on any atom is 0.303 e. The van der Waals surface area contributed by atoms with Gasteiger partial charge in [-0.1, -0.05) is 11.8 Å². The van der Waals surface area contributed by atoms with E-state index in [9.17, 15) is 24.0 Å². The summed E-state index contributed by atoms with van der Waals surface area (Å²) in [6.45, 7) is 5.51. The number of rotatable bonds is 9. The molecular weight excluding hydrogens is 452 g/mol. The zero-order chi connectivity index (χ0) is 23.7. The van der Waals surface area contributed by atoms with Crippen molar-refractivity contribution in [3.63, 3.8) is 0 Å². The van der Waals surface area contributed by atoms with Crippen LogP contribution >= 0.6 is 23.5 Å². The van der Waals surface area contributed by atoms with E-state index in [1.54, 1.807) is 6.26 Å². The van der Waals surface area contributed by atoms with E-state index in [1.165, 1.54) is 42.4 Å². The molecule has 11 nitrogen and oxygen atoms in total. The number of hydrazone groups is 1. The second-order valence-corrected chi connectivity index (χ2v) is 8.63. The highest BCUT2D eigenvalue weighted by molar-refractivity contribution is 8.39. The highest BCUT2D eigenvalue weighted by atomic mass is 32.2. The lowest BCUT2D eigenvalue weighted by atomic mass is 10.0. The maximum atomic E-state index is 12.0. The fourth-order valence-corrected chi connectivity index (χ4v) is 4.54. The Balaban J connectivity index is 3.25. The van der Waals surface area contributed by atoms with Gasteiger partial charge in [0.1, 0.15) is 18.1 Å². The molecule has 0 aliphatic carbocycles. The maximum absolute atomic E-state index is 12.0. The largest absolute Gasteiger partial charge is 0.462 e. The van der Waals surface area contributed by atoms with E-state index in [2.05, 4.69) is 5.10 Å². The van der Waals surface area contributed by atoms with E-state index in [0.717, 1.165) is 20.8 Å². The third kappa shape index (κ3) is 9.17. The lowest BCUT2D eigenvalue weighted by Crippen LogP contribution is -2.49. The van der Waals surface area contributed by atoms with Crippen molar-refractivity contribution in [3.05, 3.63) is 0 Å². The van der Waals surface area contributed by atoms with Crippen LogP contribution in [0.5, 0.6) is 0 Å². The molecule has 174 valence electrons. The molecule has 0 radical (unpaired) electrons. The molecule has 0 bridgehead atoms. The molecule has 1 rings (SSSR count). The van der Waals surface area contributed by atoms with Crippen LogP contribution in [0, 0.1) is 0 Å². The minimum absolute atomic E-state index is 0.00711. The highest BCUT2D eigenvalue weighted by Gasteiger charge is 2.42. The Morgan fingerprint density at radius 2 is 1.48 bits per heavy atom. The standard InChI is InChI=1S/C18H26N2O9S2/c1-9(21)20-16(31-18(19-20)30-6)7-14(27-11(3)23)17(29-13(5)25)15(28-12(4)24)8-26-10(2)22/h14-17H,7-8H2,1-6H3/t14-,15-,16?,17+/m1/s1. The van der Waals surface area contributed by atoms with Gasteiger partial charge in [0, 0.05) is 41.0 Å². The van der Waals surface area contributed by atoms with Gasteiger partial charge in [-0.15, -0.1) is 11.8 Å². The van der Waals surface area contributed by atoms with Gasteiger partial charge < -0.3 is 18.9 Å². The molecule has 1 aliphatic rings. The molecule has 1 unspecified atom stereocenters. The summed E-state index contributed by atoms with van der Waals surface area (Å²) in [6, 6.07) is 0. The summed E-state index contributed by atoms with van der Waals surface area (Å²) in [6.07, 6.45) is -1.86. The van der Waals surface area contributed by atoms with E-state index in [4.69, 9.17) is 18.9 Å². The Hall–Kier alpha value is -2.28. The smallest absolute Gasteiger partial charge is 0.303 e. The quantitative estimate of drug-likeness (QED) is 0.350. The van der Waals surface area contributed by atoms with Crippen molar-refractivity contribution in [2.45, 2.75) is 64.7 Å². The zero-order valence-electron chi connectivity index (χ0n) is 18.1. The molecule has 0 aromatic carbocycles. The van der Waals surface area contributed by atoms with Crippen LogP contribution < -0.4 is 0 Å². The lowest BCUT2D eigenvalue weighted by Gasteiger charge is -2.33. The van der Waals surface area contributed by atoms with E-state index < -0.39 is 54.2 Å². The first kappa shape index (κ1) is 26.8. The molecule has 4 atom stereocenters. The minimum Gasteiger partial charge on any atom is -0.462 e. The second-order valence-electron chi connectivity index (χ2n) is 6.41. The van der Waals surface area contributed by atoms with Crippen LogP contribution in [0.2, 0.25) is 0 Å². The molecule has 0 spiro atoms. The Labute approximate surface area is 188 Å². The Morgan fingerprint density at radius 1 is 0.935 bits per heavy atom. The molecule has 0 fully saturated rings. The zero-order valence-corrected chi connectivity index (χ0v) is 19.7. The number of ether oxygens (including phenoxy) is 4. The van der Waals surface area contributed by atoms with E-state index in [1.807, 2.05) is 0 Å². The van der Waals surface area contributed by atoms with Crippen molar-refractivity contribution >= 4 is 57.7 Å². The Kier molecular flexibility index (Phi) is 10.8. The number of carbonyl (C=O) groups is 5. The van der Waals surface area contributed by atoms with Crippen LogP contribution in [-0.2, 0) is 42.9 Å². The number of thioether (sulfide) groups is 2. The average Bonchev–Trinajstić information content (AvgIpc) is 3.05. The van der Waals surface area contributed by atoms with Crippen LogP contribution in [0.25, 0.3) is 0 Å². The van der Waals surface area contributed by atoms with E-state index in [-0.39, 0.29) is 12.3 Å². The van der Waals surface area contributed by atoms with Gasteiger partial charge in [-0.3, -0.25) is 24.0 Å². The normalized spacial score (nSPS) is 18.3. The first-order valence-corrected chi connectivity index (χ1v) is 11.3. The van der Waals surface area contributed by atoms with E-state index in [0.29, 0.717) is 4.38 Å². The first-order valence-electron chi connectivity index (χ1n) is 9.18. The van der Waals surface area contributed by atoms with Crippen molar-refractivity contribution in [1.82, 2.24) is 5.01 Å². The third-order valence-corrected chi connectivity index (χ3v) is 5.92. The van der Waals surface area contributed by atoms with Gasteiger partial charge in [0.15, 0.2) is 16.6 Å². The number of hydrogen-bond donors (Lipinski definition) is 0. The number of nitrogens with zero attached hydrogens (tertiary/aromatic N) is 2. The van der Waals surface area contributed by atoms with Crippen molar-refractivity contribution in [2.24, 2.45) is 5.10 Å². The number of esters is 4. The monoisotopic (exact) mass is 478 g/mol. The number of carbonyl (C=O) groups excluding carboxylic acids is 5. The lowest BCUT2D eigenvalue weighted by molar-refractivity contribution is -0.190. The van der Waals surface area contributed by atoms with E-state index >= 15 is 0 Å². The number of hydrogen-bond acceptors (Lipinski definition) is 12. The summed E-state index contributed by atoms with van der Waals surface area (Å²) in [5, 5.41) is 4.90. The summed E-state index contributed by atoms with van der Waals surface area (Å²) < 4.78 is 21.5. The molecule has 1 aliphatic heterocycles. The van der Waals surface area contributed by atoms with Crippen molar-refractivity contribution in [1.29, 1.82) is 0 Å². The molecule has 0 N–H and O–H groups in total. The van der Waals surface area contributed by atoms with Crippen molar-refractivity contribution < 1.29 is 42.9 Å². The molecule has 0 aromatic rings. The second kappa shape index (κ2) is 12.5. The van der Waals surface area contributed by atoms with Gasteiger partial charge in [-0.05, 0) is 6.26 Å². The van der Waals surface area contributed by atoms with Crippen LogP contribution in [-0.4, -0.2) is 75.7 Å². The fraction of sp³-hybridized carbons (Fsp3) is 0.667. The van der Waals surface area contributed by atoms with Gasteiger partial charge in [0.25, 0.3) is 0 Å². The van der Waals surface area contributed by atoms with Crippen LogP contribution in [0.4, 0.5) is 0 Å². The predicted octanol–water partition coefficient (Wildman–Crippen LogP) is 1.29. The summed E-state index contributed by atoms with van der Waals surface area (Å²) in [5.74, 6) is -3.10. The Morgan fingerprint density at radius 3 is 1.94 bits per heavy atom. The molecule has 0 saturated carbocycles. The Bertz CT molecular complexity index is 744. The third-order valence-electron chi connectivity index (χ3n) is 3.75. The molecule has 0 aromatic heterocycles. The van der Waals surface area contributed by atoms with Crippen molar-refractivity contribution in [2.75, 3.05) is 12.9 Å².